The predicted molar refractivity (Wildman–Crippen MR) is 212 cm³/mol. The number of para-hydroxylation sites is 6. The first-order chi connectivity index (χ1) is 28.5. The van der Waals surface area contributed by atoms with Crippen molar-refractivity contribution in [2.45, 2.75) is 0 Å². The zero-order valence-electron chi connectivity index (χ0n) is 32.6. The zero-order valence-corrected chi connectivity index (χ0v) is 37.4. The number of rotatable bonds is 3. The summed E-state index contributed by atoms with van der Waals surface area (Å²) < 4.78 is 125. The van der Waals surface area contributed by atoms with E-state index in [9.17, 15) is 50.4 Å². The predicted octanol–water partition coefficient (Wildman–Crippen LogP) is 12.9. The molecule has 0 radical (unpaired) electrons. The number of fused-ring (bicyclic) bond motifs is 3. The Kier molecular flexibility index (Phi) is 13.6. The van der Waals surface area contributed by atoms with E-state index in [-0.39, 0.29) is 19.5 Å². The van der Waals surface area contributed by atoms with Gasteiger partial charge in [-0.25, -0.2) is 44.9 Å². The van der Waals surface area contributed by atoms with Gasteiger partial charge in [-0.3, -0.25) is 0 Å². The van der Waals surface area contributed by atoms with Crippen LogP contribution in [0.1, 0.15) is 0 Å². The van der Waals surface area contributed by atoms with Crippen LogP contribution >= 0.6 is 15.6 Å². The maximum absolute atomic E-state index is 10.7. The molecule has 0 spiro atoms. The van der Waals surface area contributed by atoms with Crippen LogP contribution < -0.4 is 0 Å². The first kappa shape index (κ1) is 49.6. The molecular weight excluding hydrogens is 956 g/mol. The van der Waals surface area contributed by atoms with Gasteiger partial charge in [-0.05, 0) is 54.6 Å². The Hall–Kier alpha value is -6.05. The molecule has 0 fully saturated rings. The van der Waals surface area contributed by atoms with Crippen LogP contribution in [-0.4, -0.2) is 58.6 Å². The molecule has 6 aromatic heterocycles. The normalized spacial score (nSPS) is 13.4. The number of hydrogen-bond acceptors (Lipinski definition) is 9. The van der Waals surface area contributed by atoms with E-state index in [1.165, 1.54) is 19.0 Å². The summed E-state index contributed by atoms with van der Waals surface area (Å²) in [4.78, 5) is 38.0. The van der Waals surface area contributed by atoms with Crippen LogP contribution in [0, 0.1) is 0 Å². The summed E-state index contributed by atoms with van der Waals surface area (Å²) in [5, 5.41) is 0. The molecule has 0 saturated carbocycles. The van der Waals surface area contributed by atoms with Crippen LogP contribution in [-0.2, 0) is 40.6 Å². The molecule has 3 aromatic carbocycles. The largest absolute Gasteiger partial charge is 2.00 e. The Balaban J connectivity index is 0.000000180. The van der Waals surface area contributed by atoms with Crippen molar-refractivity contribution < 1.29 is 69.8 Å². The molecule has 0 atom stereocenters. The van der Waals surface area contributed by atoms with Crippen molar-refractivity contribution in [1.29, 1.82) is 0 Å². The molecule has 0 bridgehead atoms. The van der Waals surface area contributed by atoms with Gasteiger partial charge in [0.05, 0.1) is 33.1 Å². The van der Waals surface area contributed by atoms with Gasteiger partial charge >= 0.3 is 85.5 Å². The van der Waals surface area contributed by atoms with E-state index in [1.807, 2.05) is 126 Å². The summed E-state index contributed by atoms with van der Waals surface area (Å²) >= 11 is 0. The maximum Gasteiger partial charge on any atom is 2.00 e. The molecule has 0 unspecified atom stereocenters. The molecule has 12 nitrogen and oxygen atoms in total. The van der Waals surface area contributed by atoms with Crippen molar-refractivity contribution in [1.82, 2.24) is 58.6 Å². The molecule has 27 heteroatoms. The van der Waals surface area contributed by atoms with Crippen molar-refractivity contribution in [2.24, 2.45) is 21.1 Å². The first-order valence-corrected chi connectivity index (χ1v) is 21.2. The van der Waals surface area contributed by atoms with E-state index < -0.39 is 15.6 Å². The summed E-state index contributed by atoms with van der Waals surface area (Å²) in [6, 6.07) is 29.7. The summed E-state index contributed by atoms with van der Waals surface area (Å²) in [5.74, 6) is 2.59. The molecule has 0 aliphatic carbocycles. The van der Waals surface area contributed by atoms with Gasteiger partial charge in [0.1, 0.15) is 36.1 Å². The summed E-state index contributed by atoms with van der Waals surface area (Å²) in [5.41, 5.74) is 8.80. The van der Waals surface area contributed by atoms with Crippen molar-refractivity contribution in [3.63, 3.8) is 0 Å². The number of halogens is 12. The number of aryl methyl sites for hydroxylation is 3. The third kappa shape index (κ3) is 16.6. The van der Waals surface area contributed by atoms with Crippen molar-refractivity contribution >= 4 is 48.7 Å². The maximum atomic E-state index is 9.87. The van der Waals surface area contributed by atoms with E-state index in [4.69, 9.17) is 0 Å². The van der Waals surface area contributed by atoms with Crippen LogP contribution in [0.15, 0.2) is 129 Å². The Morgan fingerprint density at radius 3 is 0.778 bits per heavy atom. The van der Waals surface area contributed by atoms with Gasteiger partial charge in [-0.2, -0.15) is 0 Å². The third-order valence-corrected chi connectivity index (χ3v) is 7.79. The fourth-order valence-electron chi connectivity index (χ4n) is 5.39. The van der Waals surface area contributed by atoms with Gasteiger partial charge in [-0.15, -0.1) is 0 Å². The number of benzene rings is 3. The molecule has 330 valence electrons. The van der Waals surface area contributed by atoms with Crippen molar-refractivity contribution in [2.75, 3.05) is 0 Å². The summed E-state index contributed by atoms with van der Waals surface area (Å²) in [7, 11) is -15.3. The van der Waals surface area contributed by atoms with Crippen LogP contribution in [0.25, 0.3) is 67.7 Å². The fourth-order valence-corrected chi connectivity index (χ4v) is 5.39. The minimum Gasteiger partial charge on any atom is 2.00 e. The molecule has 0 amide bonds. The Labute approximate surface area is 360 Å². The smallest absolute Gasteiger partial charge is 2.00 e. The zero-order chi connectivity index (χ0) is 45.7. The molecule has 0 saturated heterocycles. The number of imidazole rings is 3. The van der Waals surface area contributed by atoms with Crippen LogP contribution in [0.2, 0.25) is 0 Å². The number of nitrogens with zero attached hydrogens (tertiary/aromatic N) is 12. The van der Waals surface area contributed by atoms with Crippen molar-refractivity contribution in [3.05, 3.63) is 129 Å². The second kappa shape index (κ2) is 17.3. The molecule has 9 rings (SSSR count). The van der Waals surface area contributed by atoms with Gasteiger partial charge in [0.15, 0.2) is 17.5 Å². The topological polar surface area (TPSA) is 131 Å². The quantitative estimate of drug-likeness (QED) is 0.0964. The minimum atomic E-state index is -10.7. The summed E-state index contributed by atoms with van der Waals surface area (Å²) in [6.07, 6.45) is 9.78. The van der Waals surface area contributed by atoms with E-state index in [1.54, 1.807) is 18.6 Å². The molecular formula is C36H30F12N12P2Zn. The van der Waals surface area contributed by atoms with E-state index >= 15 is 0 Å². The van der Waals surface area contributed by atoms with E-state index in [0.717, 1.165) is 67.7 Å². The number of aromatic nitrogens is 12. The van der Waals surface area contributed by atoms with Gasteiger partial charge in [0.25, 0.3) is 0 Å². The number of hydrogen-bond donors (Lipinski definition) is 0. The Morgan fingerprint density at radius 1 is 0.365 bits per heavy atom. The minimum absolute atomic E-state index is 0. The van der Waals surface area contributed by atoms with Gasteiger partial charge < -0.3 is 13.7 Å². The monoisotopic (exact) mass is 984 g/mol. The standard InChI is InChI=1S/3C12H10N4.2F6P.Zn/c3*1-16-11-5-3-2-4-9(11)15-12(16)10-6-7-13-8-14-10;2*1-7(2,3,4,5)6;/h3*2-8H,1H3;;;/q;;;2*-1;+2. The Bertz CT molecular complexity index is 2610. The fraction of sp³-hybridized carbons (Fsp3) is 0.0833. The molecule has 0 aliphatic rings. The van der Waals surface area contributed by atoms with Gasteiger partial charge in [0, 0.05) is 39.7 Å². The third-order valence-electron chi connectivity index (χ3n) is 7.79. The SMILES string of the molecule is Cn1c(-c2ccncn2)nc2ccccc21.Cn1c(-c2ccncn2)nc2ccccc21.Cn1c(-c2ccncn2)nc2ccccc21.F[P-](F)(F)(F)(F)F.F[P-](F)(F)(F)(F)F.[Zn+2]. The molecule has 63 heavy (non-hydrogen) atoms. The van der Waals surface area contributed by atoms with Crippen molar-refractivity contribution in [3.8, 4) is 34.6 Å². The molecule has 6 heterocycles. The summed E-state index contributed by atoms with van der Waals surface area (Å²) in [6.45, 7) is 0. The van der Waals surface area contributed by atoms with Crippen LogP contribution in [0.5, 0.6) is 0 Å². The van der Waals surface area contributed by atoms with E-state index in [0.29, 0.717) is 0 Å². The van der Waals surface area contributed by atoms with Crippen LogP contribution in [0.3, 0.4) is 0 Å². The molecule has 0 aliphatic heterocycles. The second-order valence-electron chi connectivity index (χ2n) is 12.6. The average molecular weight is 986 g/mol. The molecule has 9 aromatic rings. The first-order valence-electron chi connectivity index (χ1n) is 17.1. The van der Waals surface area contributed by atoms with Crippen LogP contribution in [0.4, 0.5) is 50.4 Å². The molecule has 0 N–H and O–H groups in total. The van der Waals surface area contributed by atoms with Gasteiger partial charge in [0.2, 0.25) is 0 Å². The Morgan fingerprint density at radius 2 is 0.587 bits per heavy atom. The average Bonchev–Trinajstić information content (AvgIpc) is 3.84. The second-order valence-corrected chi connectivity index (χ2v) is 16.5. The van der Waals surface area contributed by atoms with E-state index in [2.05, 4.69) is 44.9 Å². The van der Waals surface area contributed by atoms with Gasteiger partial charge in [-0.1, -0.05) is 36.4 Å².